The SMILES string of the molecule is CS(=O)(=O)c1ccc(O[C@@H]2CCCCC2=O)cc1. The van der Waals surface area contributed by atoms with Gasteiger partial charge in [0.15, 0.2) is 21.7 Å². The van der Waals surface area contributed by atoms with Crippen LogP contribution < -0.4 is 4.74 Å². The lowest BCUT2D eigenvalue weighted by molar-refractivity contribution is -0.127. The zero-order chi connectivity index (χ0) is 13.2. The first-order valence-corrected chi connectivity index (χ1v) is 7.85. The number of ketones is 1. The highest BCUT2D eigenvalue weighted by Gasteiger charge is 2.23. The van der Waals surface area contributed by atoms with Crippen LogP contribution in [0.25, 0.3) is 0 Å². The van der Waals surface area contributed by atoms with Crippen LogP contribution in [-0.2, 0) is 14.6 Å². The number of Topliss-reactive ketones (excluding diaryl/α,β-unsaturated/α-hetero) is 1. The van der Waals surface area contributed by atoms with Crippen molar-refractivity contribution < 1.29 is 17.9 Å². The van der Waals surface area contributed by atoms with Crippen molar-refractivity contribution in [2.45, 2.75) is 36.7 Å². The van der Waals surface area contributed by atoms with Crippen molar-refractivity contribution in [2.24, 2.45) is 0 Å². The topological polar surface area (TPSA) is 60.4 Å². The van der Waals surface area contributed by atoms with Gasteiger partial charge in [-0.3, -0.25) is 4.79 Å². The van der Waals surface area contributed by atoms with Crippen LogP contribution in [0.4, 0.5) is 0 Å². The Morgan fingerprint density at radius 2 is 1.83 bits per heavy atom. The standard InChI is InChI=1S/C13H16O4S/c1-18(15,16)11-8-6-10(7-9-11)17-13-5-3-2-4-12(13)14/h6-9,13H,2-5H2,1H3/t13-/m1/s1. The Morgan fingerprint density at radius 3 is 2.39 bits per heavy atom. The molecule has 2 rings (SSSR count). The van der Waals surface area contributed by atoms with Crippen LogP contribution in [0.3, 0.4) is 0 Å². The summed E-state index contributed by atoms with van der Waals surface area (Å²) in [6, 6.07) is 6.19. The molecule has 0 N–H and O–H groups in total. The molecule has 98 valence electrons. The molecule has 5 heteroatoms. The van der Waals surface area contributed by atoms with Gasteiger partial charge in [-0.15, -0.1) is 0 Å². The largest absolute Gasteiger partial charge is 0.483 e. The third kappa shape index (κ3) is 3.10. The first-order chi connectivity index (χ1) is 8.47. The van der Waals surface area contributed by atoms with E-state index in [0.717, 1.165) is 25.5 Å². The Hall–Kier alpha value is -1.36. The van der Waals surface area contributed by atoms with Gasteiger partial charge in [0, 0.05) is 12.7 Å². The monoisotopic (exact) mass is 268 g/mol. The van der Waals surface area contributed by atoms with Crippen molar-refractivity contribution >= 4 is 15.6 Å². The molecule has 18 heavy (non-hydrogen) atoms. The summed E-state index contributed by atoms with van der Waals surface area (Å²) in [7, 11) is -3.19. The average Bonchev–Trinajstić information content (AvgIpc) is 2.32. The van der Waals surface area contributed by atoms with E-state index in [1.807, 2.05) is 0 Å². The summed E-state index contributed by atoms with van der Waals surface area (Å²) in [6.07, 6.45) is 4.04. The molecule has 1 saturated carbocycles. The minimum absolute atomic E-state index is 0.133. The summed E-state index contributed by atoms with van der Waals surface area (Å²) in [5, 5.41) is 0. The third-order valence-corrected chi connectivity index (χ3v) is 4.16. The van der Waals surface area contributed by atoms with Crippen molar-refractivity contribution in [1.82, 2.24) is 0 Å². The number of hydrogen-bond acceptors (Lipinski definition) is 4. The molecule has 4 nitrogen and oxygen atoms in total. The molecule has 1 atom stereocenters. The number of sulfone groups is 1. The molecule has 0 radical (unpaired) electrons. The summed E-state index contributed by atoms with van der Waals surface area (Å²) in [6.45, 7) is 0. The van der Waals surface area contributed by atoms with Gasteiger partial charge in [-0.05, 0) is 43.5 Å². The van der Waals surface area contributed by atoms with E-state index < -0.39 is 9.84 Å². The van der Waals surface area contributed by atoms with E-state index in [4.69, 9.17) is 4.74 Å². The summed E-state index contributed by atoms with van der Waals surface area (Å²) < 4.78 is 28.2. The Kier molecular flexibility index (Phi) is 3.71. The smallest absolute Gasteiger partial charge is 0.175 e. The van der Waals surface area contributed by atoms with E-state index in [-0.39, 0.29) is 16.8 Å². The molecule has 0 spiro atoms. The van der Waals surface area contributed by atoms with E-state index in [1.54, 1.807) is 12.1 Å². The van der Waals surface area contributed by atoms with Gasteiger partial charge in [0.1, 0.15) is 5.75 Å². The van der Waals surface area contributed by atoms with Crippen LogP contribution in [0.1, 0.15) is 25.7 Å². The lowest BCUT2D eigenvalue weighted by atomic mass is 9.96. The zero-order valence-electron chi connectivity index (χ0n) is 10.3. The summed E-state index contributed by atoms with van der Waals surface area (Å²) in [5.41, 5.74) is 0. The van der Waals surface area contributed by atoms with E-state index in [9.17, 15) is 13.2 Å². The summed E-state index contributed by atoms with van der Waals surface area (Å²) in [4.78, 5) is 11.9. The van der Waals surface area contributed by atoms with E-state index in [2.05, 4.69) is 0 Å². The fourth-order valence-corrected chi connectivity index (χ4v) is 2.64. The highest BCUT2D eigenvalue weighted by atomic mass is 32.2. The van der Waals surface area contributed by atoms with Crippen LogP contribution in [0, 0.1) is 0 Å². The van der Waals surface area contributed by atoms with Crippen LogP contribution in [0.2, 0.25) is 0 Å². The molecule has 1 aromatic rings. The third-order valence-electron chi connectivity index (χ3n) is 3.03. The second-order valence-corrected chi connectivity index (χ2v) is 6.58. The van der Waals surface area contributed by atoms with E-state index in [0.29, 0.717) is 12.2 Å². The number of ether oxygens (including phenoxy) is 1. The quantitative estimate of drug-likeness (QED) is 0.841. The lowest BCUT2D eigenvalue weighted by Gasteiger charge is -2.21. The maximum atomic E-state index is 11.6. The molecule has 1 aliphatic rings. The maximum absolute atomic E-state index is 11.6. The van der Waals surface area contributed by atoms with Gasteiger partial charge in [-0.25, -0.2) is 8.42 Å². The minimum Gasteiger partial charge on any atom is -0.483 e. The van der Waals surface area contributed by atoms with E-state index in [1.165, 1.54) is 12.1 Å². The van der Waals surface area contributed by atoms with Crippen molar-refractivity contribution in [2.75, 3.05) is 6.26 Å². The van der Waals surface area contributed by atoms with Crippen LogP contribution in [-0.4, -0.2) is 26.6 Å². The first kappa shape index (κ1) is 13.1. The van der Waals surface area contributed by atoms with Gasteiger partial charge in [-0.1, -0.05) is 0 Å². The predicted octanol–water partition coefficient (Wildman–Crippen LogP) is 1.98. The molecule has 0 saturated heterocycles. The Balaban J connectivity index is 2.08. The van der Waals surface area contributed by atoms with Gasteiger partial charge in [-0.2, -0.15) is 0 Å². The van der Waals surface area contributed by atoms with Crippen molar-refractivity contribution in [3.63, 3.8) is 0 Å². The van der Waals surface area contributed by atoms with Gasteiger partial charge in [0.25, 0.3) is 0 Å². The zero-order valence-corrected chi connectivity index (χ0v) is 11.1. The molecule has 1 aliphatic carbocycles. The van der Waals surface area contributed by atoms with Crippen LogP contribution >= 0.6 is 0 Å². The highest BCUT2D eigenvalue weighted by molar-refractivity contribution is 7.90. The second kappa shape index (κ2) is 5.10. The van der Waals surface area contributed by atoms with Gasteiger partial charge < -0.3 is 4.74 Å². The predicted molar refractivity (Wildman–Crippen MR) is 67.4 cm³/mol. The Morgan fingerprint density at radius 1 is 1.17 bits per heavy atom. The van der Waals surface area contributed by atoms with Crippen molar-refractivity contribution in [3.8, 4) is 5.75 Å². The molecule has 1 aromatic carbocycles. The average molecular weight is 268 g/mol. The fraction of sp³-hybridized carbons (Fsp3) is 0.462. The van der Waals surface area contributed by atoms with Crippen molar-refractivity contribution in [1.29, 1.82) is 0 Å². The second-order valence-electron chi connectivity index (χ2n) is 4.56. The number of benzene rings is 1. The number of carbonyl (C=O) groups excluding carboxylic acids is 1. The molecular formula is C13H16O4S. The highest BCUT2D eigenvalue weighted by Crippen LogP contribution is 2.22. The Labute approximate surface area is 107 Å². The number of rotatable bonds is 3. The molecule has 0 bridgehead atoms. The molecule has 1 fully saturated rings. The number of hydrogen-bond donors (Lipinski definition) is 0. The Bertz CT molecular complexity index is 531. The maximum Gasteiger partial charge on any atom is 0.175 e. The fourth-order valence-electron chi connectivity index (χ4n) is 2.01. The normalized spacial score (nSPS) is 20.7. The number of carbonyl (C=O) groups is 1. The molecule has 0 aromatic heterocycles. The van der Waals surface area contributed by atoms with Crippen molar-refractivity contribution in [3.05, 3.63) is 24.3 Å². The minimum atomic E-state index is -3.19. The molecule has 0 aliphatic heterocycles. The summed E-state index contributed by atoms with van der Waals surface area (Å²) >= 11 is 0. The molecular weight excluding hydrogens is 252 g/mol. The van der Waals surface area contributed by atoms with Crippen LogP contribution in [0.15, 0.2) is 29.2 Å². The molecule has 0 heterocycles. The molecule has 0 unspecified atom stereocenters. The first-order valence-electron chi connectivity index (χ1n) is 5.96. The summed E-state index contributed by atoms with van der Waals surface area (Å²) in [5.74, 6) is 0.677. The molecule has 0 amide bonds. The lowest BCUT2D eigenvalue weighted by Crippen LogP contribution is -2.30. The van der Waals surface area contributed by atoms with Gasteiger partial charge in [0.05, 0.1) is 4.90 Å². The van der Waals surface area contributed by atoms with Gasteiger partial charge in [0.2, 0.25) is 0 Å². The van der Waals surface area contributed by atoms with E-state index >= 15 is 0 Å². The van der Waals surface area contributed by atoms with Crippen LogP contribution in [0.5, 0.6) is 5.75 Å². The van der Waals surface area contributed by atoms with Gasteiger partial charge >= 0.3 is 0 Å².